The number of hydrogen-bond donors (Lipinski definition) is 2. The van der Waals surface area contributed by atoms with Gasteiger partial charge in [0.2, 0.25) is 5.91 Å². The highest BCUT2D eigenvalue weighted by Crippen LogP contribution is 2.23. The number of amides is 1. The van der Waals surface area contributed by atoms with Crippen LogP contribution in [-0.4, -0.2) is 50.5 Å². The molecule has 2 N–H and O–H groups in total. The van der Waals surface area contributed by atoms with Crippen LogP contribution in [-0.2, 0) is 14.3 Å². The minimum atomic E-state index is -0.209. The van der Waals surface area contributed by atoms with Crippen LogP contribution in [0.15, 0.2) is 0 Å². The molecule has 0 spiro atoms. The molecule has 2 aliphatic rings. The zero-order chi connectivity index (χ0) is 11.4. The lowest BCUT2D eigenvalue weighted by Crippen LogP contribution is -2.53. The van der Waals surface area contributed by atoms with Gasteiger partial charge in [-0.05, 0) is 19.8 Å². The Morgan fingerprint density at radius 1 is 1.56 bits per heavy atom. The van der Waals surface area contributed by atoms with E-state index in [0.717, 1.165) is 26.0 Å². The van der Waals surface area contributed by atoms with Gasteiger partial charge >= 0.3 is 0 Å². The molecule has 0 aromatic heterocycles. The van der Waals surface area contributed by atoms with Gasteiger partial charge in [-0.3, -0.25) is 4.79 Å². The lowest BCUT2D eigenvalue weighted by molar-refractivity contribution is -0.127. The Hall–Kier alpha value is -0.650. The molecule has 92 valence electrons. The van der Waals surface area contributed by atoms with Gasteiger partial charge in [0.1, 0.15) is 6.04 Å². The van der Waals surface area contributed by atoms with Gasteiger partial charge in [-0.15, -0.1) is 0 Å². The topological polar surface area (TPSA) is 59.6 Å². The molecule has 5 nitrogen and oxygen atoms in total. The molecule has 2 atom stereocenters. The van der Waals surface area contributed by atoms with Gasteiger partial charge < -0.3 is 20.1 Å². The van der Waals surface area contributed by atoms with E-state index in [1.807, 2.05) is 6.92 Å². The number of nitrogens with one attached hydrogen (secondary N) is 2. The van der Waals surface area contributed by atoms with Crippen LogP contribution in [0.3, 0.4) is 0 Å². The van der Waals surface area contributed by atoms with Crippen LogP contribution >= 0.6 is 0 Å². The minimum absolute atomic E-state index is 0.0106. The van der Waals surface area contributed by atoms with E-state index in [0.29, 0.717) is 19.8 Å². The van der Waals surface area contributed by atoms with E-state index in [4.69, 9.17) is 9.47 Å². The van der Waals surface area contributed by atoms with Gasteiger partial charge in [0.05, 0.1) is 18.8 Å². The molecule has 2 rings (SSSR count). The van der Waals surface area contributed by atoms with Crippen molar-refractivity contribution in [3.05, 3.63) is 0 Å². The number of ether oxygens (including phenoxy) is 2. The lowest BCUT2D eigenvalue weighted by atomic mass is 10.0. The molecule has 2 fully saturated rings. The summed E-state index contributed by atoms with van der Waals surface area (Å²) in [5, 5.41) is 6.06. The van der Waals surface area contributed by atoms with Crippen molar-refractivity contribution in [2.24, 2.45) is 0 Å². The Bertz CT molecular complexity index is 246. The summed E-state index contributed by atoms with van der Waals surface area (Å²) in [5.74, 6) is 0.0106. The highest BCUT2D eigenvalue weighted by Gasteiger charge is 2.31. The van der Waals surface area contributed by atoms with Gasteiger partial charge in [-0.25, -0.2) is 0 Å². The fourth-order valence-electron chi connectivity index (χ4n) is 2.11. The molecule has 0 radical (unpaired) electrons. The zero-order valence-electron chi connectivity index (χ0n) is 9.75. The van der Waals surface area contributed by atoms with Crippen molar-refractivity contribution in [3.8, 4) is 0 Å². The third-order valence-corrected chi connectivity index (χ3v) is 3.18. The number of carbonyl (C=O) groups is 1. The molecule has 2 aliphatic heterocycles. The Kier molecular flexibility index (Phi) is 3.78. The third kappa shape index (κ3) is 2.93. The van der Waals surface area contributed by atoms with Gasteiger partial charge in [0.25, 0.3) is 0 Å². The average Bonchev–Trinajstić information content (AvgIpc) is 2.75. The Labute approximate surface area is 95.9 Å². The lowest BCUT2D eigenvalue weighted by Gasteiger charge is -2.27. The molecule has 0 bridgehead atoms. The number of rotatable bonds is 3. The third-order valence-electron chi connectivity index (χ3n) is 3.18. The molecule has 16 heavy (non-hydrogen) atoms. The van der Waals surface area contributed by atoms with E-state index in [9.17, 15) is 4.79 Å². The summed E-state index contributed by atoms with van der Waals surface area (Å²) in [4.78, 5) is 11.8. The fourth-order valence-corrected chi connectivity index (χ4v) is 2.11. The standard InChI is InChI=1S/C11H20N2O3/c1-11(3-2-5-16-11)8-13-10(14)9-7-15-6-4-12-9/h9,12H,2-8H2,1H3,(H,13,14). The summed E-state index contributed by atoms with van der Waals surface area (Å²) < 4.78 is 10.9. The van der Waals surface area contributed by atoms with E-state index in [-0.39, 0.29) is 17.6 Å². The molecule has 2 saturated heterocycles. The summed E-state index contributed by atoms with van der Waals surface area (Å²) >= 11 is 0. The molecule has 5 heteroatoms. The van der Waals surface area contributed by atoms with Gasteiger partial charge in [0.15, 0.2) is 0 Å². The predicted molar refractivity (Wildman–Crippen MR) is 59.2 cm³/mol. The molecular weight excluding hydrogens is 208 g/mol. The summed E-state index contributed by atoms with van der Waals surface area (Å²) in [6.45, 7) is 5.33. The average molecular weight is 228 g/mol. The van der Waals surface area contributed by atoms with Crippen LogP contribution < -0.4 is 10.6 Å². The summed E-state index contributed by atoms with van der Waals surface area (Å²) in [6.07, 6.45) is 2.10. The SMILES string of the molecule is CC1(CNC(=O)C2COCCN2)CCCO1. The Balaban J connectivity index is 1.74. The maximum absolute atomic E-state index is 11.8. The largest absolute Gasteiger partial charge is 0.378 e. The highest BCUT2D eigenvalue weighted by molar-refractivity contribution is 5.82. The zero-order valence-corrected chi connectivity index (χ0v) is 9.75. The van der Waals surface area contributed by atoms with E-state index < -0.39 is 0 Å². The van der Waals surface area contributed by atoms with Gasteiger partial charge in [-0.2, -0.15) is 0 Å². The predicted octanol–water partition coefficient (Wildman–Crippen LogP) is -0.340. The second kappa shape index (κ2) is 5.12. The van der Waals surface area contributed by atoms with Crippen molar-refractivity contribution in [1.29, 1.82) is 0 Å². The van der Waals surface area contributed by atoms with Crippen molar-refractivity contribution in [2.75, 3.05) is 32.9 Å². The summed E-state index contributed by atoms with van der Waals surface area (Å²) in [7, 11) is 0. The number of hydrogen-bond acceptors (Lipinski definition) is 4. The summed E-state index contributed by atoms with van der Waals surface area (Å²) in [5.41, 5.74) is -0.175. The maximum Gasteiger partial charge on any atom is 0.239 e. The Morgan fingerprint density at radius 3 is 3.06 bits per heavy atom. The highest BCUT2D eigenvalue weighted by atomic mass is 16.5. The van der Waals surface area contributed by atoms with E-state index in [1.54, 1.807) is 0 Å². The smallest absolute Gasteiger partial charge is 0.239 e. The minimum Gasteiger partial charge on any atom is -0.378 e. The van der Waals surface area contributed by atoms with Crippen molar-refractivity contribution < 1.29 is 14.3 Å². The normalized spacial score (nSPS) is 34.9. The van der Waals surface area contributed by atoms with Crippen LogP contribution in [0.5, 0.6) is 0 Å². The van der Waals surface area contributed by atoms with Crippen molar-refractivity contribution in [2.45, 2.75) is 31.4 Å². The monoisotopic (exact) mass is 228 g/mol. The van der Waals surface area contributed by atoms with Crippen molar-refractivity contribution in [3.63, 3.8) is 0 Å². The second-order valence-electron chi connectivity index (χ2n) is 4.70. The van der Waals surface area contributed by atoms with Crippen molar-refractivity contribution >= 4 is 5.91 Å². The van der Waals surface area contributed by atoms with E-state index >= 15 is 0 Å². The molecule has 0 saturated carbocycles. The molecule has 0 aromatic carbocycles. The first kappa shape index (κ1) is 11.8. The van der Waals surface area contributed by atoms with E-state index in [1.165, 1.54) is 0 Å². The molecule has 2 unspecified atom stereocenters. The second-order valence-corrected chi connectivity index (χ2v) is 4.70. The van der Waals surface area contributed by atoms with Crippen LogP contribution in [0, 0.1) is 0 Å². The first-order valence-corrected chi connectivity index (χ1v) is 5.92. The van der Waals surface area contributed by atoms with Crippen LogP contribution in [0.4, 0.5) is 0 Å². The number of carbonyl (C=O) groups excluding carboxylic acids is 1. The van der Waals surface area contributed by atoms with Crippen molar-refractivity contribution in [1.82, 2.24) is 10.6 Å². The maximum atomic E-state index is 11.8. The van der Waals surface area contributed by atoms with Gasteiger partial charge in [-0.1, -0.05) is 0 Å². The molecule has 1 amide bonds. The van der Waals surface area contributed by atoms with Crippen LogP contribution in [0.1, 0.15) is 19.8 Å². The first-order valence-electron chi connectivity index (χ1n) is 5.92. The first-order chi connectivity index (χ1) is 7.70. The van der Waals surface area contributed by atoms with Crippen LogP contribution in [0.2, 0.25) is 0 Å². The molecule has 0 aromatic rings. The molecular formula is C11H20N2O3. The molecule has 0 aliphatic carbocycles. The van der Waals surface area contributed by atoms with Gasteiger partial charge in [0, 0.05) is 19.7 Å². The van der Waals surface area contributed by atoms with Crippen LogP contribution in [0.25, 0.3) is 0 Å². The fraction of sp³-hybridized carbons (Fsp3) is 0.909. The summed E-state index contributed by atoms with van der Waals surface area (Å²) in [6, 6.07) is -0.209. The molecule has 2 heterocycles. The van der Waals surface area contributed by atoms with E-state index in [2.05, 4.69) is 10.6 Å². The number of morpholine rings is 1. The Morgan fingerprint density at radius 2 is 2.44 bits per heavy atom. The quantitative estimate of drug-likeness (QED) is 0.694.